The first-order valence-electron chi connectivity index (χ1n) is 9.86. The highest BCUT2D eigenvalue weighted by Gasteiger charge is 2.37. The monoisotopic (exact) mass is 460 g/mol. The molecule has 1 saturated heterocycles. The maximum Gasteiger partial charge on any atom is 0.273 e. The molecule has 1 N–H and O–H groups in total. The third kappa shape index (κ3) is 4.37. The van der Waals surface area contributed by atoms with E-state index in [4.69, 9.17) is 0 Å². The van der Waals surface area contributed by atoms with Crippen LogP contribution in [0.4, 0.5) is 11.5 Å². The van der Waals surface area contributed by atoms with Crippen molar-refractivity contribution in [3.8, 4) is 5.69 Å². The molecule has 1 unspecified atom stereocenters. The minimum Gasteiger partial charge on any atom is -0.305 e. The van der Waals surface area contributed by atoms with Crippen LogP contribution in [-0.2, 0) is 19.4 Å². The number of nitrogens with zero attached hydrogens (tertiary/aromatic N) is 5. The molecule has 1 aromatic heterocycles. The summed E-state index contributed by atoms with van der Waals surface area (Å²) in [6, 6.07) is 6.77. The van der Waals surface area contributed by atoms with Gasteiger partial charge in [0.1, 0.15) is 11.5 Å². The Morgan fingerprint density at radius 2 is 1.97 bits per heavy atom. The summed E-state index contributed by atoms with van der Waals surface area (Å²) in [5.74, 6) is -0.687. The Hall–Kier alpha value is -3.61. The number of nitrogens with one attached hydrogen (secondary N) is 1. The first kappa shape index (κ1) is 21.6. The number of carbonyl (C=O) groups is 2. The molecule has 0 aliphatic carbocycles. The summed E-state index contributed by atoms with van der Waals surface area (Å²) >= 11 is 0. The molecule has 0 saturated carbocycles. The van der Waals surface area contributed by atoms with Crippen molar-refractivity contribution in [2.45, 2.75) is 32.2 Å². The van der Waals surface area contributed by atoms with Crippen LogP contribution in [0.1, 0.15) is 25.0 Å². The number of hydrogen-bond acceptors (Lipinski definition) is 8. The highest BCUT2D eigenvalue weighted by molar-refractivity contribution is 7.91. The number of aryl methyl sites for hydroxylation is 1. The number of carbonyl (C=O) groups excluding carboxylic acids is 2. The van der Waals surface area contributed by atoms with Crippen LogP contribution >= 0.6 is 0 Å². The Morgan fingerprint density at radius 1 is 1.25 bits per heavy atom. The van der Waals surface area contributed by atoms with Crippen molar-refractivity contribution in [3.63, 3.8) is 0 Å². The van der Waals surface area contributed by atoms with Crippen LogP contribution in [0.2, 0.25) is 0 Å². The van der Waals surface area contributed by atoms with Gasteiger partial charge in [-0.1, -0.05) is 0 Å². The van der Waals surface area contributed by atoms with Crippen LogP contribution in [0.25, 0.3) is 5.69 Å². The molecule has 2 amide bonds. The first-order chi connectivity index (χ1) is 15.1. The first-order valence-corrected chi connectivity index (χ1v) is 11.7. The summed E-state index contributed by atoms with van der Waals surface area (Å²) < 4.78 is 25.0. The molecular formula is C19H20N6O6S. The molecule has 4 rings (SSSR count). The van der Waals surface area contributed by atoms with Gasteiger partial charge in [-0.2, -0.15) is 10.2 Å². The lowest BCUT2D eigenvalue weighted by Crippen LogP contribution is -2.42. The van der Waals surface area contributed by atoms with Crippen LogP contribution in [-0.4, -0.2) is 63.2 Å². The predicted octanol–water partition coefficient (Wildman–Crippen LogP) is 1.19. The molecule has 3 heterocycles. The molecule has 0 bridgehead atoms. The fraction of sp³-hybridized carbons (Fsp3) is 0.368. The number of hydrogen-bond donors (Lipinski definition) is 1. The van der Waals surface area contributed by atoms with Gasteiger partial charge >= 0.3 is 0 Å². The van der Waals surface area contributed by atoms with Crippen molar-refractivity contribution in [1.82, 2.24) is 14.8 Å². The average molecular weight is 460 g/mol. The molecule has 168 valence electrons. The Kier molecular flexibility index (Phi) is 5.50. The maximum absolute atomic E-state index is 12.9. The van der Waals surface area contributed by atoms with Crippen LogP contribution in [0.3, 0.4) is 0 Å². The van der Waals surface area contributed by atoms with Crippen LogP contribution in [0, 0.1) is 17.0 Å². The molecule has 1 fully saturated rings. The molecule has 2 aromatic rings. The minimum atomic E-state index is -3.21. The molecule has 1 atom stereocenters. The molecule has 1 aromatic carbocycles. The Balaban J connectivity index is 1.56. The van der Waals surface area contributed by atoms with Gasteiger partial charge in [0, 0.05) is 31.0 Å². The number of nitro benzene ring substituents is 1. The smallest absolute Gasteiger partial charge is 0.273 e. The minimum absolute atomic E-state index is 0.00774. The fourth-order valence-corrected chi connectivity index (χ4v) is 5.37. The highest BCUT2D eigenvalue weighted by atomic mass is 32.2. The number of benzene rings is 1. The number of hydrazone groups is 1. The Bertz CT molecular complexity index is 1230. The molecule has 13 heteroatoms. The Labute approximate surface area is 183 Å². The number of nitro groups is 1. The van der Waals surface area contributed by atoms with E-state index in [1.165, 1.54) is 28.9 Å². The van der Waals surface area contributed by atoms with E-state index >= 15 is 0 Å². The van der Waals surface area contributed by atoms with Crippen LogP contribution < -0.4 is 5.32 Å². The lowest BCUT2D eigenvalue weighted by Gasteiger charge is -2.27. The zero-order valence-electron chi connectivity index (χ0n) is 17.1. The average Bonchev–Trinajstić information content (AvgIpc) is 3.29. The number of anilines is 1. The number of sulfone groups is 1. The quantitative estimate of drug-likeness (QED) is 0.519. The molecule has 12 nitrogen and oxygen atoms in total. The molecule has 0 radical (unpaired) electrons. The van der Waals surface area contributed by atoms with Gasteiger partial charge in [0.2, 0.25) is 5.91 Å². The zero-order valence-corrected chi connectivity index (χ0v) is 17.9. The van der Waals surface area contributed by atoms with Crippen LogP contribution in [0.5, 0.6) is 0 Å². The third-order valence-corrected chi connectivity index (χ3v) is 7.00. The van der Waals surface area contributed by atoms with Gasteiger partial charge in [-0.05, 0) is 25.5 Å². The largest absolute Gasteiger partial charge is 0.305 e. The van der Waals surface area contributed by atoms with Gasteiger partial charge in [-0.25, -0.2) is 18.1 Å². The van der Waals surface area contributed by atoms with Crippen LogP contribution in [0.15, 0.2) is 35.4 Å². The second-order valence-electron chi connectivity index (χ2n) is 7.65. The number of aromatic nitrogens is 2. The van der Waals surface area contributed by atoms with Gasteiger partial charge in [0.25, 0.3) is 11.6 Å². The van der Waals surface area contributed by atoms with E-state index in [-0.39, 0.29) is 41.7 Å². The third-order valence-electron chi connectivity index (χ3n) is 5.25. The highest BCUT2D eigenvalue weighted by Crippen LogP contribution is 2.24. The van der Waals surface area contributed by atoms with E-state index in [0.29, 0.717) is 23.6 Å². The topological polar surface area (TPSA) is 157 Å². The van der Waals surface area contributed by atoms with Crippen molar-refractivity contribution in [3.05, 3.63) is 46.1 Å². The standard InChI is InChI=1S/C19H20N6O6S/c1-12-10-17(23(21-12)13-2-4-14(5-3-13)25(28)29)20-19(27)16-6-7-18(26)24(22-16)15-8-9-32(30,31)11-15/h2-5,10,15H,6-9,11H2,1H3,(H,20,27). The lowest BCUT2D eigenvalue weighted by atomic mass is 10.1. The van der Waals surface area contributed by atoms with Gasteiger partial charge < -0.3 is 5.32 Å². The maximum atomic E-state index is 12.9. The van der Waals surface area contributed by atoms with E-state index in [1.807, 2.05) is 0 Å². The van der Waals surface area contributed by atoms with E-state index in [0.717, 1.165) is 5.01 Å². The number of rotatable bonds is 5. The van der Waals surface area contributed by atoms with Crippen molar-refractivity contribution in [2.24, 2.45) is 5.10 Å². The molecule has 0 spiro atoms. The molecule has 2 aliphatic rings. The SMILES string of the molecule is Cc1cc(NC(=O)C2=NN(C3CCS(=O)(=O)C3)C(=O)CC2)n(-c2ccc([N+](=O)[O-])cc2)n1. The zero-order chi connectivity index (χ0) is 23.0. The number of amides is 2. The van der Waals surface area contributed by atoms with E-state index in [1.54, 1.807) is 13.0 Å². The van der Waals surface area contributed by atoms with Gasteiger partial charge in [0.05, 0.1) is 33.9 Å². The van der Waals surface area contributed by atoms with Gasteiger partial charge in [-0.3, -0.25) is 19.7 Å². The second kappa shape index (κ2) is 8.15. The van der Waals surface area contributed by atoms with Crippen molar-refractivity contribution < 1.29 is 22.9 Å². The van der Waals surface area contributed by atoms with Crippen molar-refractivity contribution in [1.29, 1.82) is 0 Å². The fourth-order valence-electron chi connectivity index (χ4n) is 3.68. The predicted molar refractivity (Wildman–Crippen MR) is 114 cm³/mol. The summed E-state index contributed by atoms with van der Waals surface area (Å²) in [6.45, 7) is 1.73. The molecular weight excluding hydrogens is 440 g/mol. The summed E-state index contributed by atoms with van der Waals surface area (Å²) in [5.41, 5.74) is 1.16. The van der Waals surface area contributed by atoms with Gasteiger partial charge in [0.15, 0.2) is 9.84 Å². The van der Waals surface area contributed by atoms with Gasteiger partial charge in [-0.15, -0.1) is 0 Å². The number of non-ortho nitro benzene ring substituents is 1. The lowest BCUT2D eigenvalue weighted by molar-refractivity contribution is -0.384. The van der Waals surface area contributed by atoms with E-state index in [9.17, 15) is 28.1 Å². The Morgan fingerprint density at radius 3 is 2.59 bits per heavy atom. The summed E-state index contributed by atoms with van der Waals surface area (Å²) in [4.78, 5) is 35.5. The summed E-state index contributed by atoms with van der Waals surface area (Å²) in [7, 11) is -3.21. The summed E-state index contributed by atoms with van der Waals surface area (Å²) in [6.07, 6.45) is 0.479. The summed E-state index contributed by atoms with van der Waals surface area (Å²) in [5, 5.41) is 23.2. The second-order valence-corrected chi connectivity index (χ2v) is 9.88. The molecule has 2 aliphatic heterocycles. The van der Waals surface area contributed by atoms with Crippen molar-refractivity contribution in [2.75, 3.05) is 16.8 Å². The molecule has 32 heavy (non-hydrogen) atoms. The normalized spacial score (nSPS) is 20.2. The van der Waals surface area contributed by atoms with Crippen molar-refractivity contribution >= 4 is 38.9 Å². The van der Waals surface area contributed by atoms with E-state index in [2.05, 4.69) is 15.5 Å². The van der Waals surface area contributed by atoms with E-state index < -0.39 is 26.7 Å².